The summed E-state index contributed by atoms with van der Waals surface area (Å²) < 4.78 is 5.33. The van der Waals surface area contributed by atoms with Gasteiger partial charge in [0.1, 0.15) is 5.52 Å². The lowest BCUT2D eigenvalue weighted by molar-refractivity contribution is -0.141. The minimum absolute atomic E-state index is 0.0157. The number of furan rings is 1. The Morgan fingerprint density at radius 3 is 2.30 bits per heavy atom. The number of carbonyl (C=O) groups excluding carboxylic acids is 2. The maximum absolute atomic E-state index is 12.9. The van der Waals surface area contributed by atoms with Crippen LogP contribution in [0.4, 0.5) is 0 Å². The second kappa shape index (κ2) is 7.25. The van der Waals surface area contributed by atoms with Gasteiger partial charge in [-0.15, -0.1) is 0 Å². The zero-order valence-corrected chi connectivity index (χ0v) is 16.7. The van der Waals surface area contributed by atoms with Gasteiger partial charge in [-0.2, -0.15) is 0 Å². The second-order valence-electron chi connectivity index (χ2n) is 8.17. The number of aromatic nitrogens is 1. The van der Waals surface area contributed by atoms with E-state index in [1.54, 1.807) is 11.2 Å². The van der Waals surface area contributed by atoms with Gasteiger partial charge in [-0.25, -0.2) is 4.98 Å². The molecule has 2 amide bonds. The first-order chi connectivity index (χ1) is 14.5. The molecule has 1 saturated carbocycles. The number of carbonyl (C=O) groups is 2. The number of fused-ring (bicyclic) bond motifs is 1. The molecule has 0 bridgehead atoms. The third-order valence-corrected chi connectivity index (χ3v) is 6.26. The van der Waals surface area contributed by atoms with E-state index in [2.05, 4.69) is 4.98 Å². The average molecular weight is 404 g/mol. The van der Waals surface area contributed by atoms with Crippen LogP contribution >= 0.6 is 0 Å². The van der Waals surface area contributed by atoms with Crippen LogP contribution in [0.1, 0.15) is 29.6 Å². The molecule has 2 N–H and O–H groups in total. The lowest BCUT2D eigenvalue weighted by Crippen LogP contribution is -2.62. The molecule has 3 aromatic rings. The van der Waals surface area contributed by atoms with E-state index in [4.69, 9.17) is 10.2 Å². The van der Waals surface area contributed by atoms with Gasteiger partial charge in [-0.3, -0.25) is 9.59 Å². The number of piperazine rings is 1. The fraction of sp³-hybridized carbons (Fsp3) is 0.348. The Labute approximate surface area is 174 Å². The van der Waals surface area contributed by atoms with Crippen LogP contribution in [0.25, 0.3) is 22.4 Å². The molecular weight excluding hydrogens is 380 g/mol. The van der Waals surface area contributed by atoms with Crippen LogP contribution in [0.2, 0.25) is 0 Å². The van der Waals surface area contributed by atoms with Crippen molar-refractivity contribution in [2.75, 3.05) is 26.2 Å². The van der Waals surface area contributed by atoms with Gasteiger partial charge in [0.25, 0.3) is 5.91 Å². The van der Waals surface area contributed by atoms with Crippen molar-refractivity contribution in [3.8, 4) is 11.3 Å². The third-order valence-electron chi connectivity index (χ3n) is 6.26. The molecule has 154 valence electrons. The minimum atomic E-state index is -0.671. The van der Waals surface area contributed by atoms with Crippen LogP contribution in [-0.2, 0) is 4.79 Å². The minimum Gasteiger partial charge on any atom is -0.463 e. The van der Waals surface area contributed by atoms with Gasteiger partial charge in [0.05, 0.1) is 17.5 Å². The van der Waals surface area contributed by atoms with E-state index in [-0.39, 0.29) is 11.8 Å². The molecule has 0 radical (unpaired) electrons. The Balaban J connectivity index is 1.24. The summed E-state index contributed by atoms with van der Waals surface area (Å²) in [5.41, 5.74) is 9.47. The molecule has 0 atom stereocenters. The van der Waals surface area contributed by atoms with Crippen molar-refractivity contribution in [1.29, 1.82) is 0 Å². The number of nitrogens with two attached hydrogens (primary N) is 1. The Morgan fingerprint density at radius 1 is 0.933 bits per heavy atom. The summed E-state index contributed by atoms with van der Waals surface area (Å²) in [5, 5.41) is 0. The highest BCUT2D eigenvalue weighted by Crippen LogP contribution is 2.31. The van der Waals surface area contributed by atoms with Gasteiger partial charge in [0, 0.05) is 43.4 Å². The summed E-state index contributed by atoms with van der Waals surface area (Å²) in [6.45, 7) is 2.13. The molecule has 1 aliphatic carbocycles. The summed E-state index contributed by atoms with van der Waals surface area (Å²) in [4.78, 5) is 33.7. The van der Waals surface area contributed by atoms with E-state index >= 15 is 0 Å². The second-order valence-corrected chi connectivity index (χ2v) is 8.17. The quantitative estimate of drug-likeness (QED) is 0.724. The molecule has 1 aromatic carbocycles. The number of amides is 2. The topological polar surface area (TPSA) is 92.7 Å². The molecule has 7 heteroatoms. The van der Waals surface area contributed by atoms with Crippen LogP contribution in [0.5, 0.6) is 0 Å². The standard InChI is InChI=1S/C23H24N4O3/c24-23(9-1-10-23)22(29)27-13-11-26(12-14-27)21(28)17-4-2-16(3-5-17)18-6-7-20-19(25-18)8-15-30-20/h2-8,15H,1,9-14,24H2. The van der Waals surface area contributed by atoms with Crippen molar-refractivity contribution in [1.82, 2.24) is 14.8 Å². The molecule has 2 aliphatic rings. The van der Waals surface area contributed by atoms with Crippen LogP contribution in [-0.4, -0.2) is 58.3 Å². The summed E-state index contributed by atoms with van der Waals surface area (Å²) in [7, 11) is 0. The maximum Gasteiger partial charge on any atom is 0.253 e. The number of rotatable bonds is 3. The van der Waals surface area contributed by atoms with Gasteiger partial charge >= 0.3 is 0 Å². The summed E-state index contributed by atoms with van der Waals surface area (Å²) >= 11 is 0. The van der Waals surface area contributed by atoms with Gasteiger partial charge in [0.15, 0.2) is 5.58 Å². The molecule has 7 nitrogen and oxygen atoms in total. The molecule has 1 aliphatic heterocycles. The van der Waals surface area contributed by atoms with Gasteiger partial charge in [-0.05, 0) is 43.5 Å². The summed E-state index contributed by atoms with van der Waals surface area (Å²) in [6.07, 6.45) is 4.16. The van der Waals surface area contributed by atoms with Crippen molar-refractivity contribution in [2.24, 2.45) is 5.73 Å². The Hall–Kier alpha value is -3.19. The Kier molecular flexibility index (Phi) is 4.55. The predicted molar refractivity (Wildman–Crippen MR) is 113 cm³/mol. The van der Waals surface area contributed by atoms with Crippen LogP contribution in [0.15, 0.2) is 53.1 Å². The van der Waals surface area contributed by atoms with Gasteiger partial charge < -0.3 is 20.0 Å². The van der Waals surface area contributed by atoms with Crippen LogP contribution in [0, 0.1) is 0 Å². The van der Waals surface area contributed by atoms with Crippen molar-refractivity contribution < 1.29 is 14.0 Å². The summed E-state index contributed by atoms with van der Waals surface area (Å²) in [6, 6.07) is 13.1. The molecule has 3 heterocycles. The lowest BCUT2D eigenvalue weighted by Gasteiger charge is -2.43. The van der Waals surface area contributed by atoms with Crippen molar-refractivity contribution in [2.45, 2.75) is 24.8 Å². The third kappa shape index (κ3) is 3.25. The maximum atomic E-state index is 12.9. The zero-order chi connectivity index (χ0) is 20.7. The number of hydrogen-bond acceptors (Lipinski definition) is 5. The zero-order valence-electron chi connectivity index (χ0n) is 16.7. The number of hydrogen-bond donors (Lipinski definition) is 1. The van der Waals surface area contributed by atoms with Crippen molar-refractivity contribution in [3.05, 3.63) is 54.3 Å². The highest BCUT2D eigenvalue weighted by atomic mass is 16.3. The monoisotopic (exact) mass is 404 g/mol. The first-order valence-electron chi connectivity index (χ1n) is 10.4. The first kappa shape index (κ1) is 18.8. The SMILES string of the molecule is NC1(C(=O)N2CCN(C(=O)c3ccc(-c4ccc5occc5n4)cc3)CC2)CCC1. The highest BCUT2D eigenvalue weighted by Gasteiger charge is 2.43. The largest absolute Gasteiger partial charge is 0.463 e. The van der Waals surface area contributed by atoms with Crippen molar-refractivity contribution >= 4 is 22.9 Å². The van der Waals surface area contributed by atoms with E-state index in [0.29, 0.717) is 31.7 Å². The molecule has 5 rings (SSSR count). The highest BCUT2D eigenvalue weighted by molar-refractivity contribution is 5.95. The predicted octanol–water partition coefficient (Wildman–Crippen LogP) is 2.66. The number of nitrogens with zero attached hydrogens (tertiary/aromatic N) is 3. The first-order valence-corrected chi connectivity index (χ1v) is 10.4. The Bertz CT molecular complexity index is 1090. The molecule has 0 spiro atoms. The average Bonchev–Trinajstić information content (AvgIpc) is 3.24. The molecular formula is C23H24N4O3. The van der Waals surface area contributed by atoms with E-state index < -0.39 is 5.54 Å². The molecule has 2 aromatic heterocycles. The fourth-order valence-corrected chi connectivity index (χ4v) is 4.18. The smallest absolute Gasteiger partial charge is 0.253 e. The molecule has 2 fully saturated rings. The fourth-order valence-electron chi connectivity index (χ4n) is 4.18. The molecule has 1 saturated heterocycles. The van der Waals surface area contributed by atoms with Crippen molar-refractivity contribution in [3.63, 3.8) is 0 Å². The number of benzene rings is 1. The van der Waals surface area contributed by atoms with Crippen LogP contribution in [0.3, 0.4) is 0 Å². The van der Waals surface area contributed by atoms with Gasteiger partial charge in [-0.1, -0.05) is 12.1 Å². The van der Waals surface area contributed by atoms with E-state index in [0.717, 1.165) is 41.6 Å². The molecule has 0 unspecified atom stereocenters. The Morgan fingerprint density at radius 2 is 1.63 bits per heavy atom. The van der Waals surface area contributed by atoms with E-state index in [1.165, 1.54) is 0 Å². The van der Waals surface area contributed by atoms with Gasteiger partial charge in [0.2, 0.25) is 5.91 Å². The van der Waals surface area contributed by atoms with Crippen LogP contribution < -0.4 is 5.73 Å². The normalized spacial score (nSPS) is 18.3. The number of pyridine rings is 1. The lowest BCUT2D eigenvalue weighted by atomic mass is 9.76. The van der Waals surface area contributed by atoms with E-state index in [9.17, 15) is 9.59 Å². The summed E-state index contributed by atoms with van der Waals surface area (Å²) in [5.74, 6) is 0.0188. The molecule has 30 heavy (non-hydrogen) atoms. The van der Waals surface area contributed by atoms with E-state index in [1.807, 2.05) is 47.4 Å².